The van der Waals surface area contributed by atoms with Crippen molar-refractivity contribution in [3.05, 3.63) is 24.0 Å². The maximum Gasteiger partial charge on any atom is 0.136 e. The molecule has 0 saturated heterocycles. The summed E-state index contributed by atoms with van der Waals surface area (Å²) in [6, 6.07) is 5.60. The molecule has 14 heavy (non-hydrogen) atoms. The topological polar surface area (TPSA) is 63.9 Å². The van der Waals surface area contributed by atoms with Gasteiger partial charge in [0, 0.05) is 12.8 Å². The maximum atomic E-state index is 5.66. The molecule has 0 aliphatic rings. The zero-order valence-corrected chi connectivity index (χ0v) is 8.24. The van der Waals surface area contributed by atoms with E-state index in [-0.39, 0.29) is 6.10 Å². The van der Waals surface area contributed by atoms with Crippen molar-refractivity contribution in [1.29, 1.82) is 0 Å². The third-order valence-electron chi connectivity index (χ3n) is 2.26. The van der Waals surface area contributed by atoms with Gasteiger partial charge in [0.1, 0.15) is 11.9 Å². The third kappa shape index (κ3) is 1.44. The fourth-order valence-corrected chi connectivity index (χ4v) is 1.35. The third-order valence-corrected chi connectivity index (χ3v) is 2.26. The van der Waals surface area contributed by atoms with Crippen LogP contribution in [0.1, 0.15) is 18.9 Å². The first-order valence-electron chi connectivity index (χ1n) is 4.48. The van der Waals surface area contributed by atoms with Gasteiger partial charge in [0.15, 0.2) is 0 Å². The van der Waals surface area contributed by atoms with Gasteiger partial charge in [0.05, 0.1) is 11.0 Å². The number of aromatic nitrogens is 2. The molecule has 3 N–H and O–H groups in total. The Bertz CT molecular complexity index is 450. The predicted octanol–water partition coefficient (Wildman–Crippen LogP) is 1.85. The van der Waals surface area contributed by atoms with Crippen molar-refractivity contribution in [1.82, 2.24) is 9.97 Å². The molecule has 2 aromatic rings. The molecule has 1 aromatic heterocycles. The lowest BCUT2D eigenvalue weighted by atomic mass is 10.3. The van der Waals surface area contributed by atoms with Crippen LogP contribution in [0.25, 0.3) is 11.0 Å². The fraction of sp³-hybridized carbons (Fsp3) is 0.300. The average molecular weight is 191 g/mol. The van der Waals surface area contributed by atoms with E-state index in [0.717, 1.165) is 22.5 Å². The predicted molar refractivity (Wildman–Crippen MR) is 55.9 cm³/mol. The molecule has 0 saturated carbocycles. The van der Waals surface area contributed by atoms with E-state index >= 15 is 0 Å². The van der Waals surface area contributed by atoms with Crippen molar-refractivity contribution in [2.24, 2.45) is 0 Å². The van der Waals surface area contributed by atoms with Gasteiger partial charge in [-0.05, 0) is 25.1 Å². The summed E-state index contributed by atoms with van der Waals surface area (Å²) in [5, 5.41) is 0. The molecule has 0 fully saturated rings. The number of rotatable bonds is 2. The second-order valence-electron chi connectivity index (χ2n) is 3.28. The van der Waals surface area contributed by atoms with Crippen molar-refractivity contribution >= 4 is 16.7 Å². The van der Waals surface area contributed by atoms with E-state index in [9.17, 15) is 0 Å². The average Bonchev–Trinajstić information content (AvgIpc) is 2.59. The first kappa shape index (κ1) is 9.02. The van der Waals surface area contributed by atoms with Crippen LogP contribution in [0.2, 0.25) is 0 Å². The van der Waals surface area contributed by atoms with Gasteiger partial charge >= 0.3 is 0 Å². The number of nitrogens with one attached hydrogen (secondary N) is 1. The number of methoxy groups -OCH3 is 1. The van der Waals surface area contributed by atoms with Crippen LogP contribution in [0.15, 0.2) is 18.2 Å². The summed E-state index contributed by atoms with van der Waals surface area (Å²) in [5.41, 5.74) is 8.26. The van der Waals surface area contributed by atoms with Crippen LogP contribution in [-0.4, -0.2) is 17.1 Å². The van der Waals surface area contributed by atoms with E-state index < -0.39 is 0 Å². The highest BCUT2D eigenvalue weighted by atomic mass is 16.5. The van der Waals surface area contributed by atoms with Gasteiger partial charge in [-0.1, -0.05) is 0 Å². The van der Waals surface area contributed by atoms with E-state index in [0.29, 0.717) is 0 Å². The lowest BCUT2D eigenvalue weighted by Crippen LogP contribution is -1.97. The zero-order chi connectivity index (χ0) is 10.1. The van der Waals surface area contributed by atoms with Gasteiger partial charge in [0.2, 0.25) is 0 Å². The summed E-state index contributed by atoms with van der Waals surface area (Å²) in [6.07, 6.45) is -0.0244. The molecule has 4 heteroatoms. The van der Waals surface area contributed by atoms with E-state index in [1.54, 1.807) is 7.11 Å². The number of nitrogens with two attached hydrogens (primary N) is 1. The number of hydrogen-bond donors (Lipinski definition) is 2. The van der Waals surface area contributed by atoms with Crippen LogP contribution in [0.4, 0.5) is 5.69 Å². The van der Waals surface area contributed by atoms with Gasteiger partial charge in [-0.25, -0.2) is 4.98 Å². The SMILES string of the molecule is COC(C)c1nc2ccc(N)cc2[nH]1. The molecule has 0 amide bonds. The van der Waals surface area contributed by atoms with Crippen molar-refractivity contribution in [2.75, 3.05) is 12.8 Å². The molecule has 0 aliphatic heterocycles. The molecule has 1 heterocycles. The maximum absolute atomic E-state index is 5.66. The second-order valence-corrected chi connectivity index (χ2v) is 3.28. The lowest BCUT2D eigenvalue weighted by Gasteiger charge is -2.03. The second kappa shape index (κ2) is 3.31. The van der Waals surface area contributed by atoms with E-state index in [2.05, 4.69) is 9.97 Å². The standard InChI is InChI=1S/C10H13N3O/c1-6(14-2)10-12-8-4-3-7(11)5-9(8)13-10/h3-6H,11H2,1-2H3,(H,12,13). The molecular formula is C10H13N3O. The van der Waals surface area contributed by atoms with Crippen LogP contribution < -0.4 is 5.73 Å². The molecule has 0 aliphatic carbocycles. The first-order valence-corrected chi connectivity index (χ1v) is 4.48. The molecule has 1 atom stereocenters. The normalized spacial score (nSPS) is 13.3. The van der Waals surface area contributed by atoms with E-state index in [1.165, 1.54) is 0 Å². The number of nitrogen functional groups attached to an aromatic ring is 1. The number of ether oxygens (including phenoxy) is 1. The summed E-state index contributed by atoms with van der Waals surface area (Å²) in [6.45, 7) is 1.95. The minimum Gasteiger partial charge on any atom is -0.399 e. The summed E-state index contributed by atoms with van der Waals surface area (Å²) in [4.78, 5) is 7.56. The molecule has 1 aromatic carbocycles. The summed E-state index contributed by atoms with van der Waals surface area (Å²) >= 11 is 0. The van der Waals surface area contributed by atoms with Crippen LogP contribution in [0.3, 0.4) is 0 Å². The Hall–Kier alpha value is -1.55. The lowest BCUT2D eigenvalue weighted by molar-refractivity contribution is 0.113. The highest BCUT2D eigenvalue weighted by molar-refractivity contribution is 5.78. The minimum atomic E-state index is -0.0244. The van der Waals surface area contributed by atoms with E-state index in [1.807, 2.05) is 25.1 Å². The number of H-pyrrole nitrogens is 1. The minimum absolute atomic E-state index is 0.0244. The van der Waals surface area contributed by atoms with Crippen molar-refractivity contribution < 1.29 is 4.74 Å². The smallest absolute Gasteiger partial charge is 0.136 e. The fourth-order valence-electron chi connectivity index (χ4n) is 1.35. The van der Waals surface area contributed by atoms with Crippen LogP contribution >= 0.6 is 0 Å². The molecule has 0 bridgehead atoms. The van der Waals surface area contributed by atoms with Crippen molar-refractivity contribution in [2.45, 2.75) is 13.0 Å². The summed E-state index contributed by atoms with van der Waals surface area (Å²) in [7, 11) is 1.66. The molecule has 1 unspecified atom stereocenters. The molecule has 0 spiro atoms. The molecule has 0 radical (unpaired) electrons. The van der Waals surface area contributed by atoms with E-state index in [4.69, 9.17) is 10.5 Å². The molecule has 2 rings (SSSR count). The van der Waals surface area contributed by atoms with Crippen LogP contribution in [0, 0.1) is 0 Å². The highest BCUT2D eigenvalue weighted by Gasteiger charge is 2.09. The quantitative estimate of drug-likeness (QED) is 0.712. The van der Waals surface area contributed by atoms with Crippen molar-refractivity contribution in [3.63, 3.8) is 0 Å². The largest absolute Gasteiger partial charge is 0.399 e. The van der Waals surface area contributed by atoms with Gasteiger partial charge < -0.3 is 15.5 Å². The Balaban J connectivity index is 2.51. The Kier molecular flexibility index (Phi) is 2.13. The monoisotopic (exact) mass is 191 g/mol. The number of anilines is 1. The number of benzene rings is 1. The van der Waals surface area contributed by atoms with Crippen molar-refractivity contribution in [3.8, 4) is 0 Å². The molecular weight excluding hydrogens is 178 g/mol. The zero-order valence-electron chi connectivity index (χ0n) is 8.24. The summed E-state index contributed by atoms with van der Waals surface area (Å²) < 4.78 is 5.17. The number of fused-ring (bicyclic) bond motifs is 1. The van der Waals surface area contributed by atoms with Gasteiger partial charge in [0.25, 0.3) is 0 Å². The number of imidazole rings is 1. The highest BCUT2D eigenvalue weighted by Crippen LogP contribution is 2.19. The molecule has 74 valence electrons. The summed E-state index contributed by atoms with van der Waals surface area (Å²) in [5.74, 6) is 0.827. The Morgan fingerprint density at radius 1 is 1.50 bits per heavy atom. The van der Waals surface area contributed by atoms with Gasteiger partial charge in [-0.3, -0.25) is 0 Å². The van der Waals surface area contributed by atoms with Gasteiger partial charge in [-0.15, -0.1) is 0 Å². The first-order chi connectivity index (χ1) is 6.70. The van der Waals surface area contributed by atoms with Gasteiger partial charge in [-0.2, -0.15) is 0 Å². The number of aromatic amines is 1. The number of hydrogen-bond acceptors (Lipinski definition) is 3. The Morgan fingerprint density at radius 2 is 2.29 bits per heavy atom. The molecule has 4 nitrogen and oxygen atoms in total. The Morgan fingerprint density at radius 3 is 3.00 bits per heavy atom. The number of nitrogens with zero attached hydrogens (tertiary/aromatic N) is 1. The van der Waals surface area contributed by atoms with Crippen LogP contribution in [-0.2, 0) is 4.74 Å². The van der Waals surface area contributed by atoms with Crippen LogP contribution in [0.5, 0.6) is 0 Å². The Labute approximate surface area is 82.1 Å².